The molecule has 0 aliphatic carbocycles. The largest absolute Gasteiger partial charge is 0.359 e. The molecule has 0 spiro atoms. The number of hydrogen-bond acceptors (Lipinski definition) is 4. The van der Waals surface area contributed by atoms with E-state index in [2.05, 4.69) is 15.5 Å². The lowest BCUT2D eigenvalue weighted by atomic mass is 10.1. The smallest absolute Gasteiger partial charge is 0.236 e. The predicted molar refractivity (Wildman–Crippen MR) is 74.8 cm³/mol. The summed E-state index contributed by atoms with van der Waals surface area (Å²) in [5.74, 6) is -0.124. The molecule has 6 nitrogen and oxygen atoms in total. The number of rotatable bonds is 5. The van der Waals surface area contributed by atoms with Crippen LogP contribution in [-0.4, -0.2) is 75.0 Å². The van der Waals surface area contributed by atoms with Crippen molar-refractivity contribution in [1.82, 2.24) is 20.4 Å². The molecular formula is C13H26N4O2. The van der Waals surface area contributed by atoms with E-state index in [1.54, 1.807) is 19.0 Å². The second kappa shape index (κ2) is 8.12. The highest BCUT2D eigenvalue weighted by Gasteiger charge is 2.19. The summed E-state index contributed by atoms with van der Waals surface area (Å²) in [7, 11) is 3.38. The van der Waals surface area contributed by atoms with Gasteiger partial charge in [0, 0.05) is 33.7 Å². The first-order chi connectivity index (χ1) is 9.04. The van der Waals surface area contributed by atoms with Gasteiger partial charge in [-0.2, -0.15) is 0 Å². The van der Waals surface area contributed by atoms with Crippen LogP contribution in [0.3, 0.4) is 0 Å². The molecule has 1 rings (SSSR count). The van der Waals surface area contributed by atoms with E-state index in [1.165, 1.54) is 0 Å². The van der Waals surface area contributed by atoms with E-state index in [9.17, 15) is 9.59 Å². The molecule has 1 atom stereocenters. The van der Waals surface area contributed by atoms with Gasteiger partial charge < -0.3 is 15.5 Å². The second-order valence-corrected chi connectivity index (χ2v) is 5.17. The topological polar surface area (TPSA) is 64.7 Å². The van der Waals surface area contributed by atoms with Gasteiger partial charge in [-0.15, -0.1) is 0 Å². The SMILES string of the molecule is CNC(=O)C(C)CN(C)C(=O)CN1CCCNCC1. The molecule has 1 aliphatic rings. The van der Waals surface area contributed by atoms with Crippen LogP contribution in [0.5, 0.6) is 0 Å². The van der Waals surface area contributed by atoms with Crippen LogP contribution < -0.4 is 10.6 Å². The van der Waals surface area contributed by atoms with Crippen molar-refractivity contribution >= 4 is 11.8 Å². The van der Waals surface area contributed by atoms with Crippen LogP contribution >= 0.6 is 0 Å². The third-order valence-corrected chi connectivity index (χ3v) is 3.46. The van der Waals surface area contributed by atoms with Crippen molar-refractivity contribution in [3.63, 3.8) is 0 Å². The number of nitrogens with zero attached hydrogens (tertiary/aromatic N) is 2. The van der Waals surface area contributed by atoms with Crippen molar-refractivity contribution < 1.29 is 9.59 Å². The minimum absolute atomic E-state index is 0.0291. The summed E-state index contributed by atoms with van der Waals surface area (Å²) in [5, 5.41) is 5.92. The van der Waals surface area contributed by atoms with Crippen molar-refractivity contribution in [3.05, 3.63) is 0 Å². The summed E-state index contributed by atoms with van der Waals surface area (Å²) in [4.78, 5) is 27.4. The fourth-order valence-electron chi connectivity index (χ4n) is 2.21. The zero-order valence-electron chi connectivity index (χ0n) is 12.2. The van der Waals surface area contributed by atoms with Gasteiger partial charge in [-0.05, 0) is 19.5 Å². The molecule has 110 valence electrons. The number of carbonyl (C=O) groups is 2. The van der Waals surface area contributed by atoms with Gasteiger partial charge in [0.15, 0.2) is 0 Å². The Bertz CT molecular complexity index is 301. The van der Waals surface area contributed by atoms with Crippen molar-refractivity contribution in [3.8, 4) is 0 Å². The lowest BCUT2D eigenvalue weighted by Gasteiger charge is -2.25. The van der Waals surface area contributed by atoms with Gasteiger partial charge in [0.05, 0.1) is 12.5 Å². The Morgan fingerprint density at radius 1 is 1.37 bits per heavy atom. The van der Waals surface area contributed by atoms with E-state index >= 15 is 0 Å². The molecule has 1 unspecified atom stereocenters. The summed E-state index contributed by atoms with van der Waals surface area (Å²) >= 11 is 0. The molecular weight excluding hydrogens is 244 g/mol. The predicted octanol–water partition coefficient (Wildman–Crippen LogP) is -0.878. The standard InChI is InChI=1S/C13H26N4O2/c1-11(13(19)14-2)9-16(3)12(18)10-17-7-4-5-15-6-8-17/h11,15H,4-10H2,1-3H3,(H,14,19). The zero-order valence-corrected chi connectivity index (χ0v) is 12.2. The maximum absolute atomic E-state index is 12.1. The van der Waals surface area contributed by atoms with Crippen LogP contribution in [0, 0.1) is 5.92 Å². The first-order valence-electron chi connectivity index (χ1n) is 6.93. The van der Waals surface area contributed by atoms with Gasteiger partial charge in [-0.1, -0.05) is 6.92 Å². The Morgan fingerprint density at radius 2 is 2.11 bits per heavy atom. The Hall–Kier alpha value is -1.14. The Morgan fingerprint density at radius 3 is 2.79 bits per heavy atom. The normalized spacial score (nSPS) is 18.5. The average Bonchev–Trinajstić information content (AvgIpc) is 2.66. The van der Waals surface area contributed by atoms with E-state index in [0.29, 0.717) is 13.1 Å². The molecule has 1 saturated heterocycles. The Kier molecular flexibility index (Phi) is 6.80. The molecule has 19 heavy (non-hydrogen) atoms. The van der Waals surface area contributed by atoms with Gasteiger partial charge >= 0.3 is 0 Å². The van der Waals surface area contributed by atoms with Gasteiger partial charge in [-0.25, -0.2) is 0 Å². The number of hydrogen-bond donors (Lipinski definition) is 2. The van der Waals surface area contributed by atoms with E-state index in [4.69, 9.17) is 0 Å². The molecule has 0 radical (unpaired) electrons. The van der Waals surface area contributed by atoms with Gasteiger partial charge in [0.25, 0.3) is 0 Å². The molecule has 0 aromatic rings. The average molecular weight is 270 g/mol. The van der Waals surface area contributed by atoms with Crippen LogP contribution in [-0.2, 0) is 9.59 Å². The fraction of sp³-hybridized carbons (Fsp3) is 0.846. The van der Waals surface area contributed by atoms with Crippen molar-refractivity contribution in [2.75, 3.05) is 53.4 Å². The number of amides is 2. The molecule has 1 fully saturated rings. The summed E-state index contributed by atoms with van der Waals surface area (Å²) in [6.07, 6.45) is 1.08. The Labute approximate surface area is 115 Å². The molecule has 1 heterocycles. The first kappa shape index (κ1) is 15.9. The highest BCUT2D eigenvalue weighted by Crippen LogP contribution is 2.01. The summed E-state index contributed by atoms with van der Waals surface area (Å²) in [6.45, 7) is 6.56. The quantitative estimate of drug-likeness (QED) is 0.681. The molecule has 2 amide bonds. The van der Waals surface area contributed by atoms with Gasteiger partial charge in [0.1, 0.15) is 0 Å². The zero-order chi connectivity index (χ0) is 14.3. The van der Waals surface area contributed by atoms with Crippen LogP contribution in [0.1, 0.15) is 13.3 Å². The third-order valence-electron chi connectivity index (χ3n) is 3.46. The van der Waals surface area contributed by atoms with E-state index in [0.717, 1.165) is 32.6 Å². The highest BCUT2D eigenvalue weighted by atomic mass is 16.2. The Balaban J connectivity index is 2.36. The minimum Gasteiger partial charge on any atom is -0.359 e. The summed E-state index contributed by atoms with van der Waals surface area (Å²) in [6, 6.07) is 0. The molecule has 0 aromatic heterocycles. The molecule has 1 aliphatic heterocycles. The highest BCUT2D eigenvalue weighted by molar-refractivity contribution is 5.81. The fourth-order valence-corrected chi connectivity index (χ4v) is 2.21. The molecule has 2 N–H and O–H groups in total. The number of carbonyl (C=O) groups excluding carboxylic acids is 2. The van der Waals surface area contributed by atoms with E-state index in [-0.39, 0.29) is 17.7 Å². The molecule has 0 aromatic carbocycles. The molecule has 6 heteroatoms. The lowest BCUT2D eigenvalue weighted by molar-refractivity contribution is -0.133. The first-order valence-corrected chi connectivity index (χ1v) is 6.93. The third kappa shape index (κ3) is 5.57. The van der Waals surface area contributed by atoms with Crippen molar-refractivity contribution in [1.29, 1.82) is 0 Å². The van der Waals surface area contributed by atoms with Crippen molar-refractivity contribution in [2.24, 2.45) is 5.92 Å². The maximum Gasteiger partial charge on any atom is 0.236 e. The van der Waals surface area contributed by atoms with E-state index in [1.807, 2.05) is 6.92 Å². The summed E-state index contributed by atoms with van der Waals surface area (Å²) < 4.78 is 0. The number of likely N-dealkylation sites (N-methyl/N-ethyl adjacent to an activating group) is 1. The maximum atomic E-state index is 12.1. The van der Waals surface area contributed by atoms with Gasteiger partial charge in [-0.3, -0.25) is 14.5 Å². The summed E-state index contributed by atoms with van der Waals surface area (Å²) in [5.41, 5.74) is 0. The number of nitrogens with one attached hydrogen (secondary N) is 2. The lowest BCUT2D eigenvalue weighted by Crippen LogP contribution is -2.43. The van der Waals surface area contributed by atoms with Crippen LogP contribution in [0.4, 0.5) is 0 Å². The van der Waals surface area contributed by atoms with Crippen LogP contribution in [0.25, 0.3) is 0 Å². The van der Waals surface area contributed by atoms with E-state index < -0.39 is 0 Å². The van der Waals surface area contributed by atoms with Crippen molar-refractivity contribution in [2.45, 2.75) is 13.3 Å². The molecule has 0 bridgehead atoms. The minimum atomic E-state index is -0.176. The second-order valence-electron chi connectivity index (χ2n) is 5.17. The molecule has 0 saturated carbocycles. The van der Waals surface area contributed by atoms with Crippen LogP contribution in [0.2, 0.25) is 0 Å². The monoisotopic (exact) mass is 270 g/mol. The van der Waals surface area contributed by atoms with Gasteiger partial charge in [0.2, 0.25) is 11.8 Å². The van der Waals surface area contributed by atoms with Crippen LogP contribution in [0.15, 0.2) is 0 Å².